The highest BCUT2D eigenvalue weighted by atomic mass is 16.3. The van der Waals surface area contributed by atoms with Crippen LogP contribution >= 0.6 is 0 Å². The van der Waals surface area contributed by atoms with Crippen LogP contribution in [-0.2, 0) is 4.79 Å². The molecule has 1 heterocycles. The molecule has 2 aliphatic rings. The van der Waals surface area contributed by atoms with E-state index in [1.807, 2.05) is 4.90 Å². The second kappa shape index (κ2) is 4.72. The first-order chi connectivity index (χ1) is 7.67. The average Bonchev–Trinajstić information content (AvgIpc) is 2.62. The van der Waals surface area contributed by atoms with Gasteiger partial charge in [-0.3, -0.25) is 4.79 Å². The molecule has 0 radical (unpaired) electrons. The minimum Gasteiger partial charge on any atom is -0.396 e. The first-order valence-electron chi connectivity index (χ1n) is 6.32. The number of nitrogens with zero attached hydrogens (tertiary/aromatic N) is 1. The molecule has 0 bridgehead atoms. The zero-order chi connectivity index (χ0) is 11.6. The SMILES string of the molecule is NC1CCN(CC2(CO)CCCCC2)C1=O. The van der Waals surface area contributed by atoms with E-state index in [0.29, 0.717) is 6.54 Å². The van der Waals surface area contributed by atoms with Crippen molar-refractivity contribution in [2.45, 2.75) is 44.6 Å². The minimum atomic E-state index is -0.306. The maximum Gasteiger partial charge on any atom is 0.239 e. The Morgan fingerprint density at radius 2 is 2.06 bits per heavy atom. The number of hydrogen-bond donors (Lipinski definition) is 2. The Morgan fingerprint density at radius 3 is 2.56 bits per heavy atom. The zero-order valence-corrected chi connectivity index (χ0v) is 9.82. The summed E-state index contributed by atoms with van der Waals surface area (Å²) in [5.74, 6) is 0.0680. The summed E-state index contributed by atoms with van der Waals surface area (Å²) >= 11 is 0. The van der Waals surface area contributed by atoms with Gasteiger partial charge in [-0.1, -0.05) is 19.3 Å². The van der Waals surface area contributed by atoms with Gasteiger partial charge in [-0.2, -0.15) is 0 Å². The van der Waals surface area contributed by atoms with E-state index in [0.717, 1.165) is 25.8 Å². The minimum absolute atomic E-state index is 0.0437. The van der Waals surface area contributed by atoms with Crippen molar-refractivity contribution in [3.63, 3.8) is 0 Å². The predicted octanol–water partition coefficient (Wildman–Crippen LogP) is 0.489. The maximum atomic E-state index is 11.8. The highest BCUT2D eigenvalue weighted by Crippen LogP contribution is 2.37. The van der Waals surface area contributed by atoms with Gasteiger partial charge in [-0.05, 0) is 19.3 Å². The van der Waals surface area contributed by atoms with Crippen LogP contribution in [0.25, 0.3) is 0 Å². The molecular formula is C12H22N2O2. The summed E-state index contributed by atoms with van der Waals surface area (Å²) in [6, 6.07) is -0.306. The van der Waals surface area contributed by atoms with Crippen molar-refractivity contribution >= 4 is 5.91 Å². The highest BCUT2D eigenvalue weighted by molar-refractivity contribution is 5.83. The van der Waals surface area contributed by atoms with Crippen molar-refractivity contribution in [1.82, 2.24) is 4.90 Å². The number of carbonyl (C=O) groups is 1. The van der Waals surface area contributed by atoms with Gasteiger partial charge < -0.3 is 15.7 Å². The smallest absolute Gasteiger partial charge is 0.239 e. The molecule has 2 fully saturated rings. The van der Waals surface area contributed by atoms with Gasteiger partial charge in [0.25, 0.3) is 0 Å². The lowest BCUT2D eigenvalue weighted by molar-refractivity contribution is -0.131. The first-order valence-corrected chi connectivity index (χ1v) is 6.32. The number of amides is 1. The van der Waals surface area contributed by atoms with Crippen molar-refractivity contribution < 1.29 is 9.90 Å². The van der Waals surface area contributed by atoms with Gasteiger partial charge >= 0.3 is 0 Å². The van der Waals surface area contributed by atoms with Gasteiger partial charge in [-0.25, -0.2) is 0 Å². The quantitative estimate of drug-likeness (QED) is 0.736. The fourth-order valence-corrected chi connectivity index (χ4v) is 2.99. The molecule has 4 heteroatoms. The monoisotopic (exact) mass is 226 g/mol. The van der Waals surface area contributed by atoms with Gasteiger partial charge in [0.1, 0.15) is 0 Å². The van der Waals surface area contributed by atoms with Crippen LogP contribution in [0.2, 0.25) is 0 Å². The third kappa shape index (κ3) is 2.23. The number of hydrogen-bond acceptors (Lipinski definition) is 3. The van der Waals surface area contributed by atoms with Gasteiger partial charge in [0.05, 0.1) is 12.6 Å². The molecule has 2 rings (SSSR count). The predicted molar refractivity (Wildman–Crippen MR) is 61.8 cm³/mol. The zero-order valence-electron chi connectivity index (χ0n) is 9.82. The molecular weight excluding hydrogens is 204 g/mol. The van der Waals surface area contributed by atoms with Crippen molar-refractivity contribution in [3.05, 3.63) is 0 Å². The Labute approximate surface area is 96.8 Å². The van der Waals surface area contributed by atoms with Crippen LogP contribution in [0.5, 0.6) is 0 Å². The average molecular weight is 226 g/mol. The molecule has 1 aliphatic heterocycles. The van der Waals surface area contributed by atoms with E-state index >= 15 is 0 Å². The summed E-state index contributed by atoms with van der Waals surface area (Å²) in [7, 11) is 0. The third-order valence-corrected chi connectivity index (χ3v) is 4.11. The van der Waals surface area contributed by atoms with Crippen LogP contribution in [-0.4, -0.2) is 41.7 Å². The van der Waals surface area contributed by atoms with E-state index < -0.39 is 0 Å². The van der Waals surface area contributed by atoms with Crippen LogP contribution in [0.4, 0.5) is 0 Å². The van der Waals surface area contributed by atoms with Crippen LogP contribution in [0.3, 0.4) is 0 Å². The van der Waals surface area contributed by atoms with Gasteiger partial charge in [0.2, 0.25) is 5.91 Å². The summed E-state index contributed by atoms with van der Waals surface area (Å²) in [5.41, 5.74) is 5.66. The van der Waals surface area contributed by atoms with Gasteiger partial charge in [-0.15, -0.1) is 0 Å². The molecule has 1 unspecified atom stereocenters. The Balaban J connectivity index is 1.98. The largest absolute Gasteiger partial charge is 0.396 e. The molecule has 0 aromatic carbocycles. The molecule has 4 nitrogen and oxygen atoms in total. The highest BCUT2D eigenvalue weighted by Gasteiger charge is 2.38. The molecule has 0 aromatic rings. The Bertz CT molecular complexity index is 262. The fourth-order valence-electron chi connectivity index (χ4n) is 2.99. The molecule has 1 atom stereocenters. The van der Waals surface area contributed by atoms with E-state index in [1.165, 1.54) is 19.3 Å². The number of aliphatic hydroxyl groups excluding tert-OH is 1. The molecule has 16 heavy (non-hydrogen) atoms. The van der Waals surface area contributed by atoms with Crippen molar-refractivity contribution in [2.75, 3.05) is 19.7 Å². The lowest BCUT2D eigenvalue weighted by Gasteiger charge is -2.38. The molecule has 0 aromatic heterocycles. The van der Waals surface area contributed by atoms with Crippen LogP contribution in [0, 0.1) is 5.41 Å². The number of nitrogens with two attached hydrogens (primary N) is 1. The summed E-state index contributed by atoms with van der Waals surface area (Å²) in [5, 5.41) is 9.58. The van der Waals surface area contributed by atoms with E-state index in [2.05, 4.69) is 0 Å². The van der Waals surface area contributed by atoms with E-state index in [4.69, 9.17) is 5.73 Å². The van der Waals surface area contributed by atoms with Gasteiger partial charge in [0.15, 0.2) is 0 Å². The number of aliphatic hydroxyl groups is 1. The van der Waals surface area contributed by atoms with E-state index in [9.17, 15) is 9.90 Å². The number of rotatable bonds is 3. The fraction of sp³-hybridized carbons (Fsp3) is 0.917. The van der Waals surface area contributed by atoms with Crippen LogP contribution in [0.15, 0.2) is 0 Å². The Hall–Kier alpha value is -0.610. The van der Waals surface area contributed by atoms with Crippen molar-refractivity contribution in [3.8, 4) is 0 Å². The Kier molecular flexibility index (Phi) is 3.50. The lowest BCUT2D eigenvalue weighted by atomic mass is 9.74. The standard InChI is InChI=1S/C12H22N2O2/c13-10-4-7-14(11(10)16)8-12(9-15)5-2-1-3-6-12/h10,15H,1-9,13H2. The maximum absolute atomic E-state index is 11.8. The second-order valence-corrected chi connectivity index (χ2v) is 5.37. The topological polar surface area (TPSA) is 66.6 Å². The molecule has 3 N–H and O–H groups in total. The number of likely N-dealkylation sites (tertiary alicyclic amines) is 1. The normalized spacial score (nSPS) is 29.8. The summed E-state index contributed by atoms with van der Waals surface area (Å²) in [6.07, 6.45) is 6.46. The van der Waals surface area contributed by atoms with E-state index in [1.54, 1.807) is 0 Å². The second-order valence-electron chi connectivity index (χ2n) is 5.37. The molecule has 1 amide bonds. The summed E-state index contributed by atoms with van der Waals surface area (Å²) < 4.78 is 0. The molecule has 1 saturated carbocycles. The van der Waals surface area contributed by atoms with Crippen molar-refractivity contribution in [2.24, 2.45) is 11.1 Å². The Morgan fingerprint density at radius 1 is 1.38 bits per heavy atom. The lowest BCUT2D eigenvalue weighted by Crippen LogP contribution is -2.44. The summed E-state index contributed by atoms with van der Waals surface area (Å²) in [6.45, 7) is 1.67. The van der Waals surface area contributed by atoms with Crippen molar-refractivity contribution in [1.29, 1.82) is 0 Å². The number of carbonyl (C=O) groups excluding carboxylic acids is 1. The third-order valence-electron chi connectivity index (χ3n) is 4.11. The summed E-state index contributed by atoms with van der Waals surface area (Å²) in [4.78, 5) is 13.6. The van der Waals surface area contributed by atoms with Crippen LogP contribution in [0.1, 0.15) is 38.5 Å². The molecule has 0 spiro atoms. The molecule has 92 valence electrons. The molecule has 1 aliphatic carbocycles. The van der Waals surface area contributed by atoms with Crippen LogP contribution < -0.4 is 5.73 Å². The molecule has 1 saturated heterocycles. The van der Waals surface area contributed by atoms with E-state index in [-0.39, 0.29) is 24.0 Å². The van der Waals surface area contributed by atoms with Gasteiger partial charge in [0, 0.05) is 18.5 Å². The first kappa shape index (κ1) is 11.9.